The molecule has 0 fully saturated rings. The monoisotopic (exact) mass is 322 g/mol. The van der Waals surface area contributed by atoms with E-state index >= 15 is 0 Å². The number of rotatable bonds is 6. The zero-order valence-electron chi connectivity index (χ0n) is 12.4. The third-order valence-corrected chi connectivity index (χ3v) is 2.87. The number of benzene rings is 2. The van der Waals surface area contributed by atoms with Gasteiger partial charge in [-0.1, -0.05) is 6.07 Å². The predicted octanol–water partition coefficient (Wildman–Crippen LogP) is 3.17. The maximum atomic E-state index is 13.3. The van der Waals surface area contributed by atoms with Gasteiger partial charge in [-0.05, 0) is 24.3 Å². The van der Waals surface area contributed by atoms with Crippen molar-refractivity contribution in [3.8, 4) is 11.5 Å². The number of methoxy groups -OCH3 is 1. The largest absolute Gasteiger partial charge is 0.497 e. The average molecular weight is 322 g/mol. The van der Waals surface area contributed by atoms with Crippen molar-refractivity contribution in [1.82, 2.24) is 5.32 Å². The summed E-state index contributed by atoms with van der Waals surface area (Å²) < 4.78 is 36.2. The van der Waals surface area contributed by atoms with Crippen LogP contribution in [0.15, 0.2) is 42.5 Å². The molecule has 2 N–H and O–H groups in total. The summed E-state index contributed by atoms with van der Waals surface area (Å²) in [4.78, 5) is 11.7. The van der Waals surface area contributed by atoms with Crippen molar-refractivity contribution in [2.75, 3.05) is 25.6 Å². The number of carbonyl (C=O) groups excluding carboxylic acids is 1. The molecule has 0 atom stereocenters. The van der Waals surface area contributed by atoms with Crippen LogP contribution >= 0.6 is 0 Å². The first-order valence-corrected chi connectivity index (χ1v) is 6.85. The van der Waals surface area contributed by atoms with Gasteiger partial charge in [-0.15, -0.1) is 0 Å². The quantitative estimate of drug-likeness (QED) is 0.803. The van der Waals surface area contributed by atoms with E-state index in [0.29, 0.717) is 11.4 Å². The normalized spacial score (nSPS) is 10.0. The lowest BCUT2D eigenvalue weighted by Crippen LogP contribution is -2.32. The molecule has 2 rings (SSSR count). The van der Waals surface area contributed by atoms with Crippen molar-refractivity contribution in [2.45, 2.75) is 0 Å². The number of hydrogen-bond acceptors (Lipinski definition) is 3. The summed E-state index contributed by atoms with van der Waals surface area (Å²) in [5.74, 6) is -0.907. The second kappa shape index (κ2) is 7.98. The predicted molar refractivity (Wildman–Crippen MR) is 81.9 cm³/mol. The van der Waals surface area contributed by atoms with Crippen molar-refractivity contribution < 1.29 is 23.0 Å². The zero-order chi connectivity index (χ0) is 16.7. The molecule has 0 unspecified atom stereocenters. The number of halogens is 2. The zero-order valence-corrected chi connectivity index (χ0v) is 12.4. The SMILES string of the molecule is COc1cccc(NC(=O)NCCOc2ccc(F)cc2F)c1. The number of nitrogens with one attached hydrogen (secondary N) is 2. The van der Waals surface area contributed by atoms with Crippen LogP contribution in [0.4, 0.5) is 19.3 Å². The van der Waals surface area contributed by atoms with Gasteiger partial charge in [-0.25, -0.2) is 13.6 Å². The van der Waals surface area contributed by atoms with E-state index in [2.05, 4.69) is 10.6 Å². The van der Waals surface area contributed by atoms with Crippen LogP contribution in [0.5, 0.6) is 11.5 Å². The Morgan fingerprint density at radius 2 is 2.00 bits per heavy atom. The van der Waals surface area contributed by atoms with Gasteiger partial charge < -0.3 is 20.1 Å². The Morgan fingerprint density at radius 1 is 1.17 bits per heavy atom. The molecule has 0 bridgehead atoms. The number of amides is 2. The third-order valence-electron chi connectivity index (χ3n) is 2.87. The van der Waals surface area contributed by atoms with E-state index in [4.69, 9.17) is 9.47 Å². The molecule has 2 amide bonds. The molecule has 0 aliphatic heterocycles. The van der Waals surface area contributed by atoms with E-state index in [0.717, 1.165) is 12.1 Å². The van der Waals surface area contributed by atoms with Crippen molar-refractivity contribution in [3.63, 3.8) is 0 Å². The van der Waals surface area contributed by atoms with E-state index < -0.39 is 17.7 Å². The molecule has 2 aromatic carbocycles. The molecule has 0 radical (unpaired) electrons. The summed E-state index contributed by atoms with van der Waals surface area (Å²) >= 11 is 0. The fraction of sp³-hybridized carbons (Fsp3) is 0.188. The van der Waals surface area contributed by atoms with Gasteiger partial charge in [-0.3, -0.25) is 0 Å². The van der Waals surface area contributed by atoms with Gasteiger partial charge >= 0.3 is 6.03 Å². The van der Waals surface area contributed by atoms with Crippen molar-refractivity contribution in [1.29, 1.82) is 0 Å². The highest BCUT2D eigenvalue weighted by atomic mass is 19.1. The fourth-order valence-electron chi connectivity index (χ4n) is 1.79. The minimum absolute atomic E-state index is 0.0497. The van der Waals surface area contributed by atoms with Crippen LogP contribution in [0, 0.1) is 11.6 Å². The van der Waals surface area contributed by atoms with Crippen LogP contribution in [-0.4, -0.2) is 26.3 Å². The summed E-state index contributed by atoms with van der Waals surface area (Å²) in [7, 11) is 1.53. The van der Waals surface area contributed by atoms with Crippen LogP contribution in [-0.2, 0) is 0 Å². The van der Waals surface area contributed by atoms with E-state index in [1.807, 2.05) is 0 Å². The summed E-state index contributed by atoms with van der Waals surface area (Å²) in [6.45, 7) is 0.209. The van der Waals surface area contributed by atoms with E-state index in [1.165, 1.54) is 13.2 Å². The molecule has 7 heteroatoms. The smallest absolute Gasteiger partial charge is 0.319 e. The lowest BCUT2D eigenvalue weighted by Gasteiger charge is -2.10. The van der Waals surface area contributed by atoms with Crippen LogP contribution < -0.4 is 20.1 Å². The maximum Gasteiger partial charge on any atom is 0.319 e. The van der Waals surface area contributed by atoms with Crippen LogP contribution in [0.2, 0.25) is 0 Å². The molecule has 5 nitrogen and oxygen atoms in total. The van der Waals surface area contributed by atoms with Gasteiger partial charge in [0.1, 0.15) is 18.2 Å². The van der Waals surface area contributed by atoms with E-state index in [-0.39, 0.29) is 18.9 Å². The van der Waals surface area contributed by atoms with Gasteiger partial charge in [-0.2, -0.15) is 0 Å². The average Bonchev–Trinajstić information content (AvgIpc) is 2.53. The van der Waals surface area contributed by atoms with Crippen molar-refractivity contribution in [2.24, 2.45) is 0 Å². The Hall–Kier alpha value is -2.83. The van der Waals surface area contributed by atoms with Gasteiger partial charge in [0.2, 0.25) is 0 Å². The highest BCUT2D eigenvalue weighted by Crippen LogP contribution is 2.17. The molecule has 0 spiro atoms. The number of urea groups is 1. The number of ether oxygens (including phenoxy) is 2. The number of hydrogen-bond donors (Lipinski definition) is 2. The summed E-state index contributed by atoms with van der Waals surface area (Å²) in [6, 6.07) is 9.49. The summed E-state index contributed by atoms with van der Waals surface area (Å²) in [6.07, 6.45) is 0. The van der Waals surface area contributed by atoms with Gasteiger partial charge in [0, 0.05) is 17.8 Å². The molecule has 2 aromatic rings. The van der Waals surface area contributed by atoms with Gasteiger partial charge in [0.15, 0.2) is 11.6 Å². The Bertz CT molecular complexity index is 680. The number of anilines is 1. The first-order valence-electron chi connectivity index (χ1n) is 6.85. The lowest BCUT2D eigenvalue weighted by atomic mass is 10.3. The summed E-state index contributed by atoms with van der Waals surface area (Å²) in [5, 5.41) is 5.18. The highest BCUT2D eigenvalue weighted by Gasteiger charge is 2.05. The summed E-state index contributed by atoms with van der Waals surface area (Å²) in [5.41, 5.74) is 0.576. The third kappa shape index (κ3) is 5.14. The van der Waals surface area contributed by atoms with Crippen LogP contribution in [0.1, 0.15) is 0 Å². The van der Waals surface area contributed by atoms with Gasteiger partial charge in [0.25, 0.3) is 0 Å². The molecule has 0 heterocycles. The first kappa shape index (κ1) is 16.5. The lowest BCUT2D eigenvalue weighted by molar-refractivity contribution is 0.246. The molecule has 0 saturated heterocycles. The first-order chi connectivity index (χ1) is 11.1. The highest BCUT2D eigenvalue weighted by molar-refractivity contribution is 5.89. The molecule has 122 valence electrons. The van der Waals surface area contributed by atoms with Crippen molar-refractivity contribution >= 4 is 11.7 Å². The van der Waals surface area contributed by atoms with E-state index in [9.17, 15) is 13.6 Å². The number of carbonyl (C=O) groups is 1. The second-order valence-corrected chi connectivity index (χ2v) is 4.54. The van der Waals surface area contributed by atoms with E-state index in [1.54, 1.807) is 24.3 Å². The Kier molecular flexibility index (Phi) is 5.74. The molecular weight excluding hydrogens is 306 g/mol. The maximum absolute atomic E-state index is 13.3. The van der Waals surface area contributed by atoms with Crippen LogP contribution in [0.25, 0.3) is 0 Å². The van der Waals surface area contributed by atoms with Gasteiger partial charge in [0.05, 0.1) is 13.7 Å². The topological polar surface area (TPSA) is 59.6 Å². The Morgan fingerprint density at radius 3 is 2.74 bits per heavy atom. The molecule has 0 aliphatic rings. The van der Waals surface area contributed by atoms with Crippen LogP contribution in [0.3, 0.4) is 0 Å². The Balaban J connectivity index is 1.74. The Labute approximate surface area is 132 Å². The standard InChI is InChI=1S/C16H16F2N2O3/c1-22-13-4-2-3-12(10-13)20-16(21)19-7-8-23-15-6-5-11(17)9-14(15)18/h2-6,9-10H,7-8H2,1H3,(H2,19,20,21). The van der Waals surface area contributed by atoms with Crippen molar-refractivity contribution in [3.05, 3.63) is 54.1 Å². The second-order valence-electron chi connectivity index (χ2n) is 4.54. The molecule has 0 aromatic heterocycles. The minimum atomic E-state index is -0.786. The fourth-order valence-corrected chi connectivity index (χ4v) is 1.79. The molecule has 0 saturated carbocycles. The minimum Gasteiger partial charge on any atom is -0.497 e. The molecular formula is C16H16F2N2O3. The molecule has 23 heavy (non-hydrogen) atoms. The molecule has 0 aliphatic carbocycles.